The van der Waals surface area contributed by atoms with Crippen LogP contribution in [0.25, 0.3) is 16.9 Å². The van der Waals surface area contributed by atoms with Gasteiger partial charge in [0.1, 0.15) is 17.5 Å². The SMILES string of the molecule is CCOc1ccc(-c2nn(-c3ccccc3)cc2C=NNc2oc(C)nc2C#N)cc1C. The number of hydrogen-bond donors (Lipinski definition) is 1. The summed E-state index contributed by atoms with van der Waals surface area (Å²) < 4.78 is 12.9. The first-order valence-electron chi connectivity index (χ1n) is 10.1. The van der Waals surface area contributed by atoms with Crippen LogP contribution in [-0.4, -0.2) is 27.6 Å². The van der Waals surface area contributed by atoms with Crippen molar-refractivity contribution in [3.05, 3.63) is 77.4 Å². The minimum atomic E-state index is 0.155. The Morgan fingerprint density at radius 1 is 1.22 bits per heavy atom. The fourth-order valence-corrected chi connectivity index (χ4v) is 3.27. The predicted molar refractivity (Wildman–Crippen MR) is 122 cm³/mol. The maximum atomic E-state index is 9.17. The molecule has 4 aromatic rings. The van der Waals surface area contributed by atoms with Gasteiger partial charge in [-0.1, -0.05) is 18.2 Å². The number of nitrogens with zero attached hydrogens (tertiary/aromatic N) is 5. The Balaban J connectivity index is 1.71. The summed E-state index contributed by atoms with van der Waals surface area (Å²) in [5.41, 5.74) is 7.36. The van der Waals surface area contributed by atoms with Crippen molar-refractivity contribution in [1.29, 1.82) is 5.26 Å². The molecule has 0 unspecified atom stereocenters. The highest BCUT2D eigenvalue weighted by atomic mass is 16.5. The van der Waals surface area contributed by atoms with Gasteiger partial charge in [0.15, 0.2) is 5.89 Å². The topological polar surface area (TPSA) is 101 Å². The number of ether oxygens (including phenoxy) is 1. The Morgan fingerprint density at radius 3 is 2.75 bits per heavy atom. The van der Waals surface area contributed by atoms with E-state index in [0.29, 0.717) is 12.5 Å². The zero-order chi connectivity index (χ0) is 22.5. The zero-order valence-electron chi connectivity index (χ0n) is 18.0. The summed E-state index contributed by atoms with van der Waals surface area (Å²) in [4.78, 5) is 4.00. The lowest BCUT2D eigenvalue weighted by Gasteiger charge is -2.08. The van der Waals surface area contributed by atoms with Crippen molar-refractivity contribution in [1.82, 2.24) is 14.8 Å². The summed E-state index contributed by atoms with van der Waals surface area (Å²) in [7, 11) is 0. The molecule has 4 rings (SSSR count). The van der Waals surface area contributed by atoms with Crippen LogP contribution in [0.4, 0.5) is 5.88 Å². The van der Waals surface area contributed by atoms with Crippen molar-refractivity contribution in [2.75, 3.05) is 12.0 Å². The minimum Gasteiger partial charge on any atom is -0.494 e. The molecule has 2 aromatic carbocycles. The van der Waals surface area contributed by atoms with Crippen LogP contribution in [0.15, 0.2) is 64.2 Å². The molecule has 0 aliphatic rings. The second-order valence-corrected chi connectivity index (χ2v) is 7.02. The van der Waals surface area contributed by atoms with Crippen molar-refractivity contribution in [2.24, 2.45) is 5.10 Å². The van der Waals surface area contributed by atoms with Gasteiger partial charge in [-0.2, -0.15) is 15.5 Å². The molecule has 2 aromatic heterocycles. The van der Waals surface area contributed by atoms with Crippen molar-refractivity contribution in [2.45, 2.75) is 20.8 Å². The molecule has 32 heavy (non-hydrogen) atoms. The molecule has 0 radical (unpaired) electrons. The third-order valence-corrected chi connectivity index (χ3v) is 4.72. The van der Waals surface area contributed by atoms with Crippen LogP contribution in [0.5, 0.6) is 5.75 Å². The van der Waals surface area contributed by atoms with Crippen LogP contribution >= 0.6 is 0 Å². The Bertz CT molecular complexity index is 1300. The number of hydrazone groups is 1. The van der Waals surface area contributed by atoms with Crippen molar-refractivity contribution in [3.63, 3.8) is 0 Å². The average molecular weight is 426 g/mol. The Labute approximate surface area is 185 Å². The van der Waals surface area contributed by atoms with Crippen LogP contribution < -0.4 is 10.2 Å². The minimum absolute atomic E-state index is 0.155. The third kappa shape index (κ3) is 4.37. The van der Waals surface area contributed by atoms with Gasteiger partial charge in [0.2, 0.25) is 5.69 Å². The fourth-order valence-electron chi connectivity index (χ4n) is 3.27. The summed E-state index contributed by atoms with van der Waals surface area (Å²) in [6.45, 7) is 6.25. The van der Waals surface area contributed by atoms with Gasteiger partial charge in [0, 0.05) is 24.2 Å². The summed E-state index contributed by atoms with van der Waals surface area (Å²) in [6.07, 6.45) is 3.55. The molecule has 1 N–H and O–H groups in total. The molecule has 0 aliphatic carbocycles. The molecule has 0 saturated carbocycles. The number of hydrogen-bond acceptors (Lipinski definition) is 7. The number of nitriles is 1. The number of rotatable bonds is 7. The number of aryl methyl sites for hydroxylation is 2. The lowest BCUT2D eigenvalue weighted by atomic mass is 10.1. The molecular weight excluding hydrogens is 404 g/mol. The van der Waals surface area contributed by atoms with Gasteiger partial charge in [-0.3, -0.25) is 0 Å². The smallest absolute Gasteiger partial charge is 0.252 e. The van der Waals surface area contributed by atoms with Gasteiger partial charge in [-0.15, -0.1) is 0 Å². The molecule has 0 aliphatic heterocycles. The van der Waals surface area contributed by atoms with E-state index < -0.39 is 0 Å². The standard InChI is InChI=1S/C24H22N6O2/c1-4-31-22-11-10-18(12-16(22)2)23-19(15-30(29-23)20-8-6-5-7-9-20)14-26-28-24-21(13-25)27-17(3)32-24/h5-12,14-15,28H,4H2,1-3H3. The molecule has 8 nitrogen and oxygen atoms in total. The highest BCUT2D eigenvalue weighted by Gasteiger charge is 2.14. The van der Waals surface area contributed by atoms with E-state index in [-0.39, 0.29) is 11.6 Å². The van der Waals surface area contributed by atoms with Gasteiger partial charge in [0.25, 0.3) is 5.88 Å². The first-order valence-corrected chi connectivity index (χ1v) is 10.1. The molecule has 160 valence electrons. The highest BCUT2D eigenvalue weighted by Crippen LogP contribution is 2.28. The normalized spacial score (nSPS) is 10.9. The number of para-hydroxylation sites is 1. The molecule has 0 atom stereocenters. The lowest BCUT2D eigenvalue weighted by Crippen LogP contribution is -1.96. The summed E-state index contributed by atoms with van der Waals surface area (Å²) in [5.74, 6) is 1.44. The molecule has 8 heteroatoms. The first kappa shape index (κ1) is 20.9. The average Bonchev–Trinajstić information content (AvgIpc) is 3.39. The van der Waals surface area contributed by atoms with E-state index in [1.54, 1.807) is 13.1 Å². The second-order valence-electron chi connectivity index (χ2n) is 7.02. The molecule has 0 amide bonds. The van der Waals surface area contributed by atoms with Crippen LogP contribution in [0.3, 0.4) is 0 Å². The largest absolute Gasteiger partial charge is 0.494 e. The van der Waals surface area contributed by atoms with Gasteiger partial charge >= 0.3 is 0 Å². The Kier molecular flexibility index (Phi) is 5.99. The van der Waals surface area contributed by atoms with Crippen LogP contribution in [0.2, 0.25) is 0 Å². The summed E-state index contributed by atoms with van der Waals surface area (Å²) >= 11 is 0. The first-order chi connectivity index (χ1) is 15.6. The predicted octanol–water partition coefficient (Wildman–Crippen LogP) is 4.86. The van der Waals surface area contributed by atoms with Crippen LogP contribution in [0.1, 0.15) is 29.6 Å². The molecule has 0 spiro atoms. The van der Waals surface area contributed by atoms with E-state index in [2.05, 4.69) is 15.5 Å². The molecule has 0 fully saturated rings. The van der Waals surface area contributed by atoms with Crippen LogP contribution in [0, 0.1) is 25.2 Å². The third-order valence-electron chi connectivity index (χ3n) is 4.72. The monoisotopic (exact) mass is 426 g/mol. The van der Waals surface area contributed by atoms with E-state index in [9.17, 15) is 0 Å². The molecule has 0 saturated heterocycles. The van der Waals surface area contributed by atoms with E-state index in [4.69, 9.17) is 19.5 Å². The second kappa shape index (κ2) is 9.18. The van der Waals surface area contributed by atoms with Gasteiger partial charge in [0.05, 0.1) is 18.5 Å². The van der Waals surface area contributed by atoms with Crippen molar-refractivity contribution < 1.29 is 9.15 Å². The molecule has 0 bridgehead atoms. The maximum Gasteiger partial charge on any atom is 0.252 e. The molecule has 2 heterocycles. The fraction of sp³-hybridized carbons (Fsp3) is 0.167. The van der Waals surface area contributed by atoms with Gasteiger partial charge < -0.3 is 9.15 Å². The maximum absolute atomic E-state index is 9.17. The Hall–Kier alpha value is -4.38. The number of aromatic nitrogens is 3. The summed E-state index contributed by atoms with van der Waals surface area (Å²) in [5, 5.41) is 18.2. The summed E-state index contributed by atoms with van der Waals surface area (Å²) in [6, 6.07) is 17.8. The van der Waals surface area contributed by atoms with Gasteiger partial charge in [-0.25, -0.2) is 15.1 Å². The van der Waals surface area contributed by atoms with E-state index in [1.807, 2.05) is 79.3 Å². The highest BCUT2D eigenvalue weighted by molar-refractivity contribution is 5.89. The van der Waals surface area contributed by atoms with E-state index in [0.717, 1.165) is 33.8 Å². The number of anilines is 1. The van der Waals surface area contributed by atoms with E-state index >= 15 is 0 Å². The van der Waals surface area contributed by atoms with Gasteiger partial charge in [-0.05, 0) is 49.7 Å². The van der Waals surface area contributed by atoms with Crippen LogP contribution in [-0.2, 0) is 0 Å². The number of oxazole rings is 1. The zero-order valence-corrected chi connectivity index (χ0v) is 18.0. The molecular formula is C24H22N6O2. The van der Waals surface area contributed by atoms with E-state index in [1.165, 1.54) is 0 Å². The number of nitrogens with one attached hydrogen (secondary N) is 1. The van der Waals surface area contributed by atoms with Crippen molar-refractivity contribution in [3.8, 4) is 28.8 Å². The number of benzene rings is 2. The Morgan fingerprint density at radius 2 is 2.03 bits per heavy atom. The quantitative estimate of drug-likeness (QED) is 0.334. The lowest BCUT2D eigenvalue weighted by molar-refractivity contribution is 0.338. The van der Waals surface area contributed by atoms with Crippen molar-refractivity contribution >= 4 is 12.1 Å².